The fraction of sp³-hybridized carbons (Fsp3) is 0.727. The minimum absolute atomic E-state index is 0.562. The predicted molar refractivity (Wildman–Crippen MR) is 56.6 cm³/mol. The van der Waals surface area contributed by atoms with Gasteiger partial charge < -0.3 is 9.88 Å². The second kappa shape index (κ2) is 2.75. The molecule has 3 rings (SSSR count). The Morgan fingerprint density at radius 1 is 1.43 bits per heavy atom. The lowest BCUT2D eigenvalue weighted by atomic mass is 10.1. The maximum absolute atomic E-state index is 4.67. The zero-order chi connectivity index (χ0) is 9.71. The van der Waals surface area contributed by atoms with Crippen molar-refractivity contribution in [2.45, 2.75) is 51.1 Å². The first-order chi connectivity index (χ1) is 6.74. The zero-order valence-electron chi connectivity index (χ0n) is 8.83. The van der Waals surface area contributed by atoms with E-state index in [0.717, 1.165) is 11.9 Å². The number of nitrogens with one attached hydrogen (secondary N) is 1. The summed E-state index contributed by atoms with van der Waals surface area (Å²) in [5.41, 5.74) is 1.30. The van der Waals surface area contributed by atoms with Crippen molar-refractivity contribution in [2.24, 2.45) is 0 Å². The first-order valence-corrected chi connectivity index (χ1v) is 5.59. The molecule has 1 aliphatic carbocycles. The third-order valence-corrected chi connectivity index (χ3v) is 3.29. The molecule has 3 heteroatoms. The van der Waals surface area contributed by atoms with Crippen LogP contribution < -0.4 is 5.32 Å². The van der Waals surface area contributed by atoms with Crippen molar-refractivity contribution in [3.63, 3.8) is 0 Å². The Morgan fingerprint density at radius 3 is 2.93 bits per heavy atom. The van der Waals surface area contributed by atoms with E-state index in [4.69, 9.17) is 0 Å². The summed E-state index contributed by atoms with van der Waals surface area (Å²) in [7, 11) is 0. The van der Waals surface area contributed by atoms with Crippen LogP contribution in [0.4, 0.5) is 5.95 Å². The third kappa shape index (κ3) is 1.22. The average Bonchev–Trinajstić information content (AvgIpc) is 2.87. The van der Waals surface area contributed by atoms with E-state index < -0.39 is 0 Å². The SMILES string of the molecule is CC1CC(C)n2cc(C3CC3)nc2N1. The number of fused-ring (bicyclic) bond motifs is 1. The van der Waals surface area contributed by atoms with Gasteiger partial charge in [0.15, 0.2) is 0 Å². The van der Waals surface area contributed by atoms with Crippen LogP contribution in [0.25, 0.3) is 0 Å². The van der Waals surface area contributed by atoms with Crippen LogP contribution in [0.15, 0.2) is 6.20 Å². The molecule has 14 heavy (non-hydrogen) atoms. The fourth-order valence-electron chi connectivity index (χ4n) is 2.34. The molecule has 0 amide bonds. The van der Waals surface area contributed by atoms with Gasteiger partial charge in [-0.2, -0.15) is 0 Å². The third-order valence-electron chi connectivity index (χ3n) is 3.29. The normalized spacial score (nSPS) is 31.0. The topological polar surface area (TPSA) is 29.9 Å². The van der Waals surface area contributed by atoms with Crippen LogP contribution in [0.2, 0.25) is 0 Å². The Balaban J connectivity index is 1.97. The number of hydrogen-bond acceptors (Lipinski definition) is 2. The maximum Gasteiger partial charge on any atom is 0.203 e. The highest BCUT2D eigenvalue weighted by Gasteiger charge is 2.29. The summed E-state index contributed by atoms with van der Waals surface area (Å²) in [6, 6.07) is 1.16. The second-order valence-corrected chi connectivity index (χ2v) is 4.80. The summed E-state index contributed by atoms with van der Waals surface area (Å²) in [5, 5.41) is 3.45. The lowest BCUT2D eigenvalue weighted by molar-refractivity contribution is 0.449. The molecule has 2 atom stereocenters. The molecular formula is C11H17N3. The first kappa shape index (κ1) is 8.33. The summed E-state index contributed by atoms with van der Waals surface area (Å²) in [6.45, 7) is 4.50. The van der Waals surface area contributed by atoms with Crippen LogP contribution in [0.1, 0.15) is 50.8 Å². The highest BCUT2D eigenvalue weighted by Crippen LogP contribution is 2.41. The molecule has 3 nitrogen and oxygen atoms in total. The van der Waals surface area contributed by atoms with E-state index in [1.165, 1.54) is 25.0 Å². The van der Waals surface area contributed by atoms with E-state index in [-0.39, 0.29) is 0 Å². The molecular weight excluding hydrogens is 174 g/mol. The molecule has 1 saturated carbocycles. The quantitative estimate of drug-likeness (QED) is 0.739. The van der Waals surface area contributed by atoms with Crippen LogP contribution in [0.3, 0.4) is 0 Å². The van der Waals surface area contributed by atoms with Gasteiger partial charge in [-0.05, 0) is 33.1 Å². The van der Waals surface area contributed by atoms with E-state index in [0.29, 0.717) is 12.1 Å². The van der Waals surface area contributed by atoms with Gasteiger partial charge >= 0.3 is 0 Å². The predicted octanol–water partition coefficient (Wildman–Crippen LogP) is 2.53. The fourth-order valence-corrected chi connectivity index (χ4v) is 2.34. The molecule has 1 N–H and O–H groups in total. The van der Waals surface area contributed by atoms with Crippen molar-refractivity contribution in [3.8, 4) is 0 Å². The second-order valence-electron chi connectivity index (χ2n) is 4.80. The van der Waals surface area contributed by atoms with Gasteiger partial charge in [0.2, 0.25) is 5.95 Å². The monoisotopic (exact) mass is 191 g/mol. The van der Waals surface area contributed by atoms with Crippen LogP contribution in [0, 0.1) is 0 Å². The Labute approximate surface area is 84.5 Å². The van der Waals surface area contributed by atoms with Crippen molar-refractivity contribution >= 4 is 5.95 Å². The molecule has 1 aromatic rings. The summed E-state index contributed by atoms with van der Waals surface area (Å²) in [5.74, 6) is 1.84. The Hall–Kier alpha value is -0.990. The minimum Gasteiger partial charge on any atom is -0.353 e. The van der Waals surface area contributed by atoms with Crippen molar-refractivity contribution in [3.05, 3.63) is 11.9 Å². The van der Waals surface area contributed by atoms with Crippen LogP contribution >= 0.6 is 0 Å². The molecule has 0 radical (unpaired) electrons. The zero-order valence-corrected chi connectivity index (χ0v) is 8.83. The van der Waals surface area contributed by atoms with E-state index in [9.17, 15) is 0 Å². The van der Waals surface area contributed by atoms with Gasteiger partial charge in [0, 0.05) is 24.2 Å². The lowest BCUT2D eigenvalue weighted by Crippen LogP contribution is -2.28. The minimum atomic E-state index is 0.562. The highest BCUT2D eigenvalue weighted by atomic mass is 15.3. The molecule has 0 aromatic carbocycles. The summed E-state index contributed by atoms with van der Waals surface area (Å²) < 4.78 is 2.30. The van der Waals surface area contributed by atoms with Crippen LogP contribution in [0.5, 0.6) is 0 Å². The molecule has 2 aliphatic rings. The van der Waals surface area contributed by atoms with Gasteiger partial charge in [0.25, 0.3) is 0 Å². The summed E-state index contributed by atoms with van der Waals surface area (Å²) >= 11 is 0. The number of imidazole rings is 1. The molecule has 1 aliphatic heterocycles. The van der Waals surface area contributed by atoms with Gasteiger partial charge in [0.1, 0.15) is 0 Å². The smallest absolute Gasteiger partial charge is 0.203 e. The Kier molecular flexibility index (Phi) is 1.64. The van der Waals surface area contributed by atoms with Crippen molar-refractivity contribution < 1.29 is 0 Å². The average molecular weight is 191 g/mol. The molecule has 1 aromatic heterocycles. The van der Waals surface area contributed by atoms with E-state index in [1.807, 2.05) is 0 Å². The van der Waals surface area contributed by atoms with Crippen molar-refractivity contribution in [1.29, 1.82) is 0 Å². The van der Waals surface area contributed by atoms with Crippen molar-refractivity contribution in [2.75, 3.05) is 5.32 Å². The van der Waals surface area contributed by atoms with Gasteiger partial charge in [-0.25, -0.2) is 4.98 Å². The van der Waals surface area contributed by atoms with Gasteiger partial charge in [-0.3, -0.25) is 0 Å². The maximum atomic E-state index is 4.67. The summed E-state index contributed by atoms with van der Waals surface area (Å²) in [6.07, 6.45) is 6.12. The van der Waals surface area contributed by atoms with Crippen molar-refractivity contribution in [1.82, 2.24) is 9.55 Å². The number of hydrogen-bond donors (Lipinski definition) is 1. The molecule has 76 valence electrons. The highest BCUT2D eigenvalue weighted by molar-refractivity contribution is 5.35. The molecule has 0 spiro atoms. The van der Waals surface area contributed by atoms with Crippen LogP contribution in [-0.4, -0.2) is 15.6 Å². The molecule has 2 unspecified atom stereocenters. The standard InChI is InChI=1S/C11H17N3/c1-7-5-8(2)14-6-10(9-3-4-9)13-11(14)12-7/h6-9H,3-5H2,1-2H3,(H,12,13). The Bertz CT molecular complexity index is 351. The molecule has 1 fully saturated rings. The molecule has 2 heterocycles. The number of nitrogens with zero attached hydrogens (tertiary/aromatic N) is 2. The summed E-state index contributed by atoms with van der Waals surface area (Å²) in [4.78, 5) is 4.67. The number of anilines is 1. The van der Waals surface area contributed by atoms with Gasteiger partial charge in [0.05, 0.1) is 5.69 Å². The molecule has 0 bridgehead atoms. The van der Waals surface area contributed by atoms with Gasteiger partial charge in [-0.15, -0.1) is 0 Å². The largest absolute Gasteiger partial charge is 0.353 e. The number of aromatic nitrogens is 2. The van der Waals surface area contributed by atoms with E-state index in [1.54, 1.807) is 0 Å². The lowest BCUT2D eigenvalue weighted by Gasteiger charge is -2.27. The molecule has 0 saturated heterocycles. The van der Waals surface area contributed by atoms with Gasteiger partial charge in [-0.1, -0.05) is 0 Å². The van der Waals surface area contributed by atoms with E-state index >= 15 is 0 Å². The van der Waals surface area contributed by atoms with Crippen LogP contribution in [-0.2, 0) is 0 Å². The number of rotatable bonds is 1. The Morgan fingerprint density at radius 2 is 2.21 bits per heavy atom. The first-order valence-electron chi connectivity index (χ1n) is 5.59. The van der Waals surface area contributed by atoms with E-state index in [2.05, 4.69) is 34.9 Å².